The fourth-order valence-corrected chi connectivity index (χ4v) is 1.77. The van der Waals surface area contributed by atoms with E-state index in [1.807, 2.05) is 25.2 Å². The van der Waals surface area contributed by atoms with Gasteiger partial charge in [-0.3, -0.25) is 0 Å². The second kappa shape index (κ2) is 5.54. The monoisotopic (exact) mass is 273 g/mol. The van der Waals surface area contributed by atoms with E-state index >= 15 is 0 Å². The maximum absolute atomic E-state index is 6.05. The Morgan fingerprint density at radius 2 is 2.29 bits per heavy atom. The first-order chi connectivity index (χ1) is 6.63. The first kappa shape index (κ1) is 11.8. The number of rotatable bonds is 3. The van der Waals surface area contributed by atoms with Gasteiger partial charge in [-0.2, -0.15) is 0 Å². The van der Waals surface area contributed by atoms with Gasteiger partial charge in [0.1, 0.15) is 0 Å². The van der Waals surface area contributed by atoms with Gasteiger partial charge >= 0.3 is 0 Å². The summed E-state index contributed by atoms with van der Waals surface area (Å²) in [5.41, 5.74) is 2.31. The topological polar surface area (TPSA) is 12.0 Å². The molecule has 1 rings (SSSR count). The number of hydrogen-bond acceptors (Lipinski definition) is 1. The van der Waals surface area contributed by atoms with Crippen LogP contribution in [0.3, 0.4) is 0 Å². The quantitative estimate of drug-likeness (QED) is 0.886. The van der Waals surface area contributed by atoms with Gasteiger partial charge in [0.05, 0.1) is 0 Å². The van der Waals surface area contributed by atoms with Crippen LogP contribution in [0.1, 0.15) is 12.5 Å². The van der Waals surface area contributed by atoms with Gasteiger partial charge < -0.3 is 5.32 Å². The summed E-state index contributed by atoms with van der Waals surface area (Å²) in [6, 6.07) is 5.85. The Hall–Kier alpha value is -0.310. The zero-order valence-corrected chi connectivity index (χ0v) is 10.6. The minimum atomic E-state index is 0.781. The summed E-state index contributed by atoms with van der Waals surface area (Å²) in [5.74, 6) is 0. The number of nitrogens with one attached hydrogen (secondary N) is 1. The largest absolute Gasteiger partial charge is 0.316 e. The van der Waals surface area contributed by atoms with Crippen LogP contribution in [0.15, 0.2) is 28.2 Å². The van der Waals surface area contributed by atoms with Crippen LogP contribution < -0.4 is 5.32 Å². The van der Waals surface area contributed by atoms with Crippen LogP contribution in [0.4, 0.5) is 0 Å². The highest BCUT2D eigenvalue weighted by molar-refractivity contribution is 9.10. The molecule has 1 aromatic rings. The van der Waals surface area contributed by atoms with Gasteiger partial charge in [-0.05, 0) is 37.7 Å². The average molecular weight is 275 g/mol. The maximum Gasteiger partial charge on any atom is 0.0479 e. The van der Waals surface area contributed by atoms with Crippen LogP contribution in [0.25, 0.3) is 6.08 Å². The molecule has 0 unspecified atom stereocenters. The second-order valence-corrected chi connectivity index (χ2v) is 4.51. The molecular weight excluding hydrogens is 261 g/mol. The van der Waals surface area contributed by atoms with Crippen molar-refractivity contribution < 1.29 is 0 Å². The van der Waals surface area contributed by atoms with E-state index in [2.05, 4.69) is 34.2 Å². The number of likely N-dealkylation sites (N-methyl/N-ethyl adjacent to an activating group) is 1. The van der Waals surface area contributed by atoms with E-state index in [9.17, 15) is 0 Å². The predicted molar refractivity (Wildman–Crippen MR) is 66.7 cm³/mol. The molecule has 3 heteroatoms. The molecule has 0 fully saturated rings. The van der Waals surface area contributed by atoms with Gasteiger partial charge in [0, 0.05) is 16.0 Å². The van der Waals surface area contributed by atoms with Crippen molar-refractivity contribution in [3.05, 3.63) is 38.8 Å². The Balaban J connectivity index is 2.95. The summed E-state index contributed by atoms with van der Waals surface area (Å²) < 4.78 is 1.05. The number of halogens is 2. The van der Waals surface area contributed by atoms with E-state index in [0.717, 1.165) is 21.6 Å². The molecule has 14 heavy (non-hydrogen) atoms. The minimum absolute atomic E-state index is 0.781. The fourth-order valence-electron chi connectivity index (χ4n) is 1.22. The number of hydrogen-bond donors (Lipinski definition) is 1. The van der Waals surface area contributed by atoms with Gasteiger partial charge in [0.15, 0.2) is 0 Å². The zero-order valence-electron chi connectivity index (χ0n) is 8.27. The third-order valence-electron chi connectivity index (χ3n) is 1.82. The van der Waals surface area contributed by atoms with Crippen LogP contribution in [0, 0.1) is 0 Å². The third kappa shape index (κ3) is 3.45. The van der Waals surface area contributed by atoms with Gasteiger partial charge in [-0.25, -0.2) is 0 Å². The van der Waals surface area contributed by atoms with Gasteiger partial charge in [-0.15, -0.1) is 0 Å². The van der Waals surface area contributed by atoms with Crippen molar-refractivity contribution in [1.29, 1.82) is 0 Å². The van der Waals surface area contributed by atoms with Crippen LogP contribution in [0.2, 0.25) is 5.02 Å². The summed E-state index contributed by atoms with van der Waals surface area (Å²) in [6.45, 7) is 2.95. The summed E-state index contributed by atoms with van der Waals surface area (Å²) >= 11 is 9.48. The lowest BCUT2D eigenvalue weighted by atomic mass is 10.1. The normalized spacial score (nSPS) is 11.9. The summed E-state index contributed by atoms with van der Waals surface area (Å²) in [5, 5.41) is 3.88. The molecule has 0 radical (unpaired) electrons. The highest BCUT2D eigenvalue weighted by atomic mass is 79.9. The van der Waals surface area contributed by atoms with E-state index in [4.69, 9.17) is 11.6 Å². The fraction of sp³-hybridized carbons (Fsp3) is 0.273. The lowest BCUT2D eigenvalue weighted by Gasteiger charge is -2.02. The molecule has 0 amide bonds. The van der Waals surface area contributed by atoms with Gasteiger partial charge in [0.25, 0.3) is 0 Å². The SMILES string of the molecule is CNC/C(C)=C/c1cc(Br)ccc1Cl. The van der Waals surface area contributed by atoms with E-state index < -0.39 is 0 Å². The van der Waals surface area contributed by atoms with Crippen molar-refractivity contribution in [3.8, 4) is 0 Å². The van der Waals surface area contributed by atoms with Gasteiger partial charge in [0.2, 0.25) is 0 Å². The van der Waals surface area contributed by atoms with Crippen molar-refractivity contribution in [3.63, 3.8) is 0 Å². The Bertz CT molecular complexity index is 347. The summed E-state index contributed by atoms with van der Waals surface area (Å²) in [7, 11) is 1.93. The van der Waals surface area contributed by atoms with E-state index in [0.29, 0.717) is 0 Å². The zero-order chi connectivity index (χ0) is 10.6. The predicted octanol–water partition coefficient (Wildman–Crippen LogP) is 3.73. The average Bonchev–Trinajstić information content (AvgIpc) is 2.12. The Kier molecular flexibility index (Phi) is 4.66. The van der Waals surface area contributed by atoms with Crippen LogP contribution in [-0.4, -0.2) is 13.6 Å². The molecule has 1 aromatic carbocycles. The third-order valence-corrected chi connectivity index (χ3v) is 2.65. The second-order valence-electron chi connectivity index (χ2n) is 3.19. The van der Waals surface area contributed by atoms with Gasteiger partial charge in [-0.1, -0.05) is 39.2 Å². The van der Waals surface area contributed by atoms with E-state index in [1.54, 1.807) is 0 Å². The Morgan fingerprint density at radius 1 is 1.57 bits per heavy atom. The number of benzene rings is 1. The highest BCUT2D eigenvalue weighted by Gasteiger charge is 1.98. The molecule has 0 aliphatic rings. The van der Waals surface area contributed by atoms with Crippen molar-refractivity contribution in [1.82, 2.24) is 5.32 Å². The standard InChI is InChI=1S/C11H13BrClN/c1-8(7-14-2)5-9-6-10(12)3-4-11(9)13/h3-6,14H,7H2,1-2H3/b8-5+. The highest BCUT2D eigenvalue weighted by Crippen LogP contribution is 2.23. The Morgan fingerprint density at radius 3 is 2.93 bits per heavy atom. The molecule has 76 valence electrons. The summed E-state index contributed by atoms with van der Waals surface area (Å²) in [4.78, 5) is 0. The van der Waals surface area contributed by atoms with Crippen LogP contribution >= 0.6 is 27.5 Å². The first-order valence-electron chi connectivity index (χ1n) is 4.40. The van der Waals surface area contributed by atoms with E-state index in [-0.39, 0.29) is 0 Å². The Labute approximate surface area is 98.3 Å². The molecule has 0 atom stereocenters. The van der Waals surface area contributed by atoms with E-state index in [1.165, 1.54) is 5.57 Å². The molecule has 1 N–H and O–H groups in total. The van der Waals surface area contributed by atoms with Crippen LogP contribution in [-0.2, 0) is 0 Å². The summed E-state index contributed by atoms with van der Waals surface area (Å²) in [6.07, 6.45) is 2.09. The van der Waals surface area contributed by atoms with Crippen molar-refractivity contribution in [2.24, 2.45) is 0 Å². The van der Waals surface area contributed by atoms with Crippen LogP contribution in [0.5, 0.6) is 0 Å². The smallest absolute Gasteiger partial charge is 0.0479 e. The first-order valence-corrected chi connectivity index (χ1v) is 5.57. The molecular formula is C11H13BrClN. The molecule has 0 heterocycles. The lowest BCUT2D eigenvalue weighted by molar-refractivity contribution is 0.884. The lowest BCUT2D eigenvalue weighted by Crippen LogP contribution is -2.08. The molecule has 0 spiro atoms. The molecule has 0 aromatic heterocycles. The minimum Gasteiger partial charge on any atom is -0.316 e. The van der Waals surface area contributed by atoms with Crippen molar-refractivity contribution in [2.75, 3.05) is 13.6 Å². The molecule has 0 saturated heterocycles. The van der Waals surface area contributed by atoms with Crippen molar-refractivity contribution in [2.45, 2.75) is 6.92 Å². The molecule has 0 saturated carbocycles. The maximum atomic E-state index is 6.05. The molecule has 0 aliphatic heterocycles. The molecule has 0 aliphatic carbocycles. The van der Waals surface area contributed by atoms with Crippen molar-refractivity contribution >= 4 is 33.6 Å². The molecule has 0 bridgehead atoms. The molecule has 1 nitrogen and oxygen atoms in total.